The molecule has 0 aromatic heterocycles. The third-order valence-electron chi connectivity index (χ3n) is 3.14. The third-order valence-corrected chi connectivity index (χ3v) is 3.14. The molecule has 1 unspecified atom stereocenters. The summed E-state index contributed by atoms with van der Waals surface area (Å²) in [5.74, 6) is -1.28. The van der Waals surface area contributed by atoms with Crippen LogP contribution < -0.4 is 16.0 Å². The van der Waals surface area contributed by atoms with Crippen LogP contribution in [0.1, 0.15) is 40.5 Å². The summed E-state index contributed by atoms with van der Waals surface area (Å²) < 4.78 is 0. The fourth-order valence-electron chi connectivity index (χ4n) is 1.74. The zero-order valence-electron chi connectivity index (χ0n) is 12.8. The van der Waals surface area contributed by atoms with Crippen LogP contribution in [0.3, 0.4) is 0 Å². The van der Waals surface area contributed by atoms with Gasteiger partial charge in [0.05, 0.1) is 5.41 Å². The molecule has 0 fully saturated rings. The second-order valence-corrected chi connectivity index (χ2v) is 5.66. The van der Waals surface area contributed by atoms with Crippen molar-refractivity contribution in [2.75, 3.05) is 13.6 Å². The minimum absolute atomic E-state index is 0.111. The molecule has 0 rings (SSSR count). The molecule has 0 aromatic carbocycles. The average Bonchev–Trinajstić information content (AvgIpc) is 2.35. The molecule has 0 bridgehead atoms. The van der Waals surface area contributed by atoms with E-state index in [1.54, 1.807) is 13.8 Å². The quantitative estimate of drug-likeness (QED) is 0.553. The summed E-state index contributed by atoms with van der Waals surface area (Å²) in [5.41, 5.74) is -2.08. The molecule has 3 amide bonds. The first-order valence-corrected chi connectivity index (χ1v) is 6.60. The standard InChI is InChI=1S/C13H25N3O4/c1-6-7-13(4,10(18)19)16-11(20)15-8-12(2,3)9(17)14-5/h6-8H2,1-5H3,(H,14,17)(H,18,19)(H2,15,16,20). The van der Waals surface area contributed by atoms with Crippen LogP contribution >= 0.6 is 0 Å². The summed E-state index contributed by atoms with van der Waals surface area (Å²) in [4.78, 5) is 34.5. The van der Waals surface area contributed by atoms with Crippen LogP contribution in [0.5, 0.6) is 0 Å². The molecule has 0 spiro atoms. The van der Waals surface area contributed by atoms with Gasteiger partial charge in [-0.1, -0.05) is 13.3 Å². The number of amides is 3. The molecule has 0 saturated heterocycles. The highest BCUT2D eigenvalue weighted by molar-refractivity contribution is 5.86. The van der Waals surface area contributed by atoms with E-state index in [4.69, 9.17) is 5.11 Å². The number of hydrogen-bond acceptors (Lipinski definition) is 3. The van der Waals surface area contributed by atoms with E-state index in [-0.39, 0.29) is 12.5 Å². The Hall–Kier alpha value is -1.79. The van der Waals surface area contributed by atoms with Gasteiger partial charge in [-0.2, -0.15) is 0 Å². The molecule has 1 atom stereocenters. The first kappa shape index (κ1) is 18.2. The fraction of sp³-hybridized carbons (Fsp3) is 0.769. The van der Waals surface area contributed by atoms with E-state index in [9.17, 15) is 14.4 Å². The normalized spacial score (nSPS) is 14.1. The number of carboxylic acids is 1. The maximum Gasteiger partial charge on any atom is 0.329 e. The summed E-state index contributed by atoms with van der Waals surface area (Å²) in [6, 6.07) is -0.597. The lowest BCUT2D eigenvalue weighted by atomic mass is 9.92. The molecule has 7 nitrogen and oxygen atoms in total. The first-order chi connectivity index (χ1) is 9.09. The number of nitrogens with one attached hydrogen (secondary N) is 3. The Morgan fingerprint density at radius 3 is 2.10 bits per heavy atom. The second kappa shape index (κ2) is 7.12. The van der Waals surface area contributed by atoms with Gasteiger partial charge >= 0.3 is 12.0 Å². The van der Waals surface area contributed by atoms with Crippen LogP contribution in [-0.4, -0.2) is 42.1 Å². The first-order valence-electron chi connectivity index (χ1n) is 6.60. The molecular formula is C13H25N3O4. The Bertz CT molecular complexity index is 382. The topological polar surface area (TPSA) is 108 Å². The maximum atomic E-state index is 11.8. The Balaban J connectivity index is 4.56. The van der Waals surface area contributed by atoms with Gasteiger partial charge in [-0.25, -0.2) is 9.59 Å². The minimum atomic E-state index is -1.31. The molecule has 0 aliphatic carbocycles. The van der Waals surface area contributed by atoms with Crippen LogP contribution in [0.15, 0.2) is 0 Å². The van der Waals surface area contributed by atoms with E-state index in [0.29, 0.717) is 12.8 Å². The predicted octanol–water partition coefficient (Wildman–Crippen LogP) is 0.701. The van der Waals surface area contributed by atoms with E-state index >= 15 is 0 Å². The van der Waals surface area contributed by atoms with Gasteiger partial charge in [-0.15, -0.1) is 0 Å². The van der Waals surface area contributed by atoms with Crippen molar-refractivity contribution in [3.63, 3.8) is 0 Å². The largest absolute Gasteiger partial charge is 0.480 e. The fourth-order valence-corrected chi connectivity index (χ4v) is 1.74. The van der Waals surface area contributed by atoms with Gasteiger partial charge in [-0.05, 0) is 27.2 Å². The summed E-state index contributed by atoms with van der Waals surface area (Å²) in [6.07, 6.45) is 0.960. The van der Waals surface area contributed by atoms with Gasteiger partial charge in [0.2, 0.25) is 5.91 Å². The summed E-state index contributed by atoms with van der Waals surface area (Å²) in [5, 5.41) is 16.6. The lowest BCUT2D eigenvalue weighted by Crippen LogP contribution is -2.56. The number of carboxylic acid groups (broad SMARTS) is 1. The highest BCUT2D eigenvalue weighted by Crippen LogP contribution is 2.14. The number of aliphatic carboxylic acids is 1. The van der Waals surface area contributed by atoms with Gasteiger partial charge in [0.15, 0.2) is 0 Å². The SMILES string of the molecule is CCCC(C)(NC(=O)NCC(C)(C)C(=O)NC)C(=O)O. The second-order valence-electron chi connectivity index (χ2n) is 5.66. The summed E-state index contributed by atoms with van der Waals surface area (Å²) in [7, 11) is 1.52. The molecule has 20 heavy (non-hydrogen) atoms. The predicted molar refractivity (Wildman–Crippen MR) is 75.3 cm³/mol. The molecule has 0 aromatic rings. The molecule has 0 radical (unpaired) electrons. The molecule has 7 heteroatoms. The molecule has 116 valence electrons. The van der Waals surface area contributed by atoms with Crippen molar-refractivity contribution in [3.8, 4) is 0 Å². The Morgan fingerprint density at radius 1 is 1.15 bits per heavy atom. The Morgan fingerprint density at radius 2 is 1.70 bits per heavy atom. The van der Waals surface area contributed by atoms with E-state index in [2.05, 4.69) is 16.0 Å². The van der Waals surface area contributed by atoms with Crippen LogP contribution in [0.4, 0.5) is 4.79 Å². The zero-order chi connectivity index (χ0) is 16.0. The van der Waals surface area contributed by atoms with Crippen LogP contribution in [0, 0.1) is 5.41 Å². The number of hydrogen-bond donors (Lipinski definition) is 4. The Labute approximate surface area is 119 Å². The molecule has 0 heterocycles. The molecule has 0 aliphatic rings. The van der Waals surface area contributed by atoms with Crippen LogP contribution in [-0.2, 0) is 9.59 Å². The van der Waals surface area contributed by atoms with Gasteiger partial charge in [-0.3, -0.25) is 4.79 Å². The molecule has 0 aliphatic heterocycles. The highest BCUT2D eigenvalue weighted by Gasteiger charge is 2.34. The average molecular weight is 287 g/mol. The minimum Gasteiger partial charge on any atom is -0.480 e. The van der Waals surface area contributed by atoms with Crippen molar-refractivity contribution in [2.24, 2.45) is 5.41 Å². The van der Waals surface area contributed by atoms with E-state index < -0.39 is 23.0 Å². The number of urea groups is 1. The summed E-state index contributed by atoms with van der Waals surface area (Å²) >= 11 is 0. The lowest BCUT2D eigenvalue weighted by Gasteiger charge is -2.28. The highest BCUT2D eigenvalue weighted by atomic mass is 16.4. The third kappa shape index (κ3) is 5.07. The summed E-state index contributed by atoms with van der Waals surface area (Å²) in [6.45, 7) is 6.79. The van der Waals surface area contributed by atoms with Gasteiger partial charge in [0, 0.05) is 13.6 Å². The monoisotopic (exact) mass is 287 g/mol. The van der Waals surface area contributed by atoms with Crippen molar-refractivity contribution in [1.29, 1.82) is 0 Å². The zero-order valence-corrected chi connectivity index (χ0v) is 12.8. The molecule has 0 saturated carbocycles. The number of carbonyl (C=O) groups is 3. The number of rotatable bonds is 7. The van der Waals surface area contributed by atoms with E-state index in [1.807, 2.05) is 6.92 Å². The Kier molecular flexibility index (Phi) is 6.48. The maximum absolute atomic E-state index is 11.8. The van der Waals surface area contributed by atoms with Crippen LogP contribution in [0.25, 0.3) is 0 Å². The van der Waals surface area contributed by atoms with Crippen molar-refractivity contribution < 1.29 is 19.5 Å². The van der Waals surface area contributed by atoms with Gasteiger partial charge in [0.25, 0.3) is 0 Å². The number of carbonyl (C=O) groups excluding carboxylic acids is 2. The van der Waals surface area contributed by atoms with Gasteiger partial charge in [0.1, 0.15) is 5.54 Å². The van der Waals surface area contributed by atoms with Crippen molar-refractivity contribution >= 4 is 17.9 Å². The lowest BCUT2D eigenvalue weighted by molar-refractivity contribution is -0.144. The van der Waals surface area contributed by atoms with Crippen molar-refractivity contribution in [2.45, 2.75) is 46.1 Å². The van der Waals surface area contributed by atoms with E-state index in [1.165, 1.54) is 14.0 Å². The smallest absolute Gasteiger partial charge is 0.329 e. The van der Waals surface area contributed by atoms with Crippen molar-refractivity contribution in [1.82, 2.24) is 16.0 Å². The van der Waals surface area contributed by atoms with E-state index in [0.717, 1.165) is 0 Å². The van der Waals surface area contributed by atoms with Gasteiger partial charge < -0.3 is 21.1 Å². The van der Waals surface area contributed by atoms with Crippen LogP contribution in [0.2, 0.25) is 0 Å². The molecule has 4 N–H and O–H groups in total. The van der Waals surface area contributed by atoms with Crippen molar-refractivity contribution in [3.05, 3.63) is 0 Å². The molecular weight excluding hydrogens is 262 g/mol.